The number of nitrogens with two attached hydrogens (primary N) is 1. The number of benzene rings is 2. The van der Waals surface area contributed by atoms with Gasteiger partial charge in [0.25, 0.3) is 0 Å². The zero-order chi connectivity index (χ0) is 19.2. The van der Waals surface area contributed by atoms with Crippen LogP contribution in [0.25, 0.3) is 10.9 Å². The third-order valence-electron chi connectivity index (χ3n) is 3.97. The van der Waals surface area contributed by atoms with E-state index in [1.54, 1.807) is 0 Å². The van der Waals surface area contributed by atoms with Crippen molar-refractivity contribution in [3.05, 3.63) is 56.4 Å². The fraction of sp³-hybridized carbons (Fsp3) is 0.176. The summed E-state index contributed by atoms with van der Waals surface area (Å²) in [6, 6.07) is 4.84. The first-order valence-electron chi connectivity index (χ1n) is 7.42. The number of aryl methyl sites for hydroxylation is 1. The zero-order valence-electron chi connectivity index (χ0n) is 13.4. The summed E-state index contributed by atoms with van der Waals surface area (Å²) in [7, 11) is 1.53. The molecule has 0 spiro atoms. The molecule has 1 heterocycles. The molecule has 3 aromatic rings. The molecule has 4 nitrogen and oxygen atoms in total. The van der Waals surface area contributed by atoms with Gasteiger partial charge < -0.3 is 5.73 Å². The molecule has 2 aromatic carbocycles. The maximum absolute atomic E-state index is 13.5. The summed E-state index contributed by atoms with van der Waals surface area (Å²) in [6.07, 6.45) is -3.05. The Kier molecular flexibility index (Phi) is 4.98. The van der Waals surface area contributed by atoms with Gasteiger partial charge in [0.15, 0.2) is 5.78 Å². The number of aromatic nitrogens is 2. The number of ketones is 1. The largest absolute Gasteiger partial charge is 0.398 e. The molecule has 9 heteroatoms. The lowest BCUT2D eigenvalue weighted by molar-refractivity contribution is 0.103. The van der Waals surface area contributed by atoms with Gasteiger partial charge in [0.1, 0.15) is 11.3 Å². The van der Waals surface area contributed by atoms with Gasteiger partial charge in [0.05, 0.1) is 27.2 Å². The molecule has 2 N–H and O–H groups in total. The molecule has 0 aliphatic rings. The van der Waals surface area contributed by atoms with Gasteiger partial charge in [-0.05, 0) is 40.2 Å². The first-order chi connectivity index (χ1) is 12.2. The van der Waals surface area contributed by atoms with E-state index in [2.05, 4.69) is 21.0 Å². The van der Waals surface area contributed by atoms with Crippen LogP contribution in [-0.4, -0.2) is 22.0 Å². The van der Waals surface area contributed by atoms with Crippen LogP contribution >= 0.6 is 27.5 Å². The van der Waals surface area contributed by atoms with Gasteiger partial charge >= 0.3 is 0 Å². The summed E-state index contributed by atoms with van der Waals surface area (Å²) in [6.45, 7) is 0. The Morgan fingerprint density at radius 3 is 2.73 bits per heavy atom. The Morgan fingerprint density at radius 1 is 1.38 bits per heavy atom. The molecule has 0 bridgehead atoms. The molecule has 26 heavy (non-hydrogen) atoms. The molecule has 0 atom stereocenters. The summed E-state index contributed by atoms with van der Waals surface area (Å²) in [5.74, 6) is -1.22. The van der Waals surface area contributed by atoms with Gasteiger partial charge in [0, 0.05) is 23.7 Å². The van der Waals surface area contributed by atoms with Gasteiger partial charge in [-0.1, -0.05) is 11.6 Å². The Balaban J connectivity index is 2.22. The van der Waals surface area contributed by atoms with Crippen LogP contribution < -0.4 is 5.73 Å². The van der Waals surface area contributed by atoms with Gasteiger partial charge in [-0.2, -0.15) is 5.10 Å². The summed E-state index contributed by atoms with van der Waals surface area (Å²) in [5.41, 5.74) is 6.67. The zero-order valence-corrected chi connectivity index (χ0v) is 15.7. The van der Waals surface area contributed by atoms with Gasteiger partial charge in [-0.15, -0.1) is 0 Å². The number of hydrogen-bond acceptors (Lipinski definition) is 3. The number of alkyl halides is 2. The third kappa shape index (κ3) is 3.19. The first kappa shape index (κ1) is 18.7. The van der Waals surface area contributed by atoms with E-state index in [0.29, 0.717) is 16.6 Å². The minimum absolute atomic E-state index is 0.0479. The normalized spacial score (nSPS) is 11.5. The molecular formula is C17H12BrClF3N3O. The van der Waals surface area contributed by atoms with Crippen molar-refractivity contribution in [2.45, 2.75) is 12.8 Å². The standard InChI is InChI=1S/C17H12BrClF3N3O/c1-25-12(6-13(21)22)9-5-11(23)14(15(18)16(9)24-25)17(26)8-4-7(20)2-3-10(8)19/h2-5,13H,6,23H2,1H3. The lowest BCUT2D eigenvalue weighted by atomic mass is 9.99. The Hall–Kier alpha value is -2.06. The molecule has 0 amide bonds. The molecular weight excluding hydrogens is 435 g/mol. The Bertz CT molecular complexity index is 1040. The molecule has 3 rings (SSSR count). The SMILES string of the molecule is Cn1nc2c(Br)c(C(=O)c3cc(F)ccc3Cl)c(N)cc2c1CC(F)F. The van der Waals surface area contributed by atoms with Crippen LogP contribution in [0.15, 0.2) is 28.7 Å². The van der Waals surface area contributed by atoms with Crippen molar-refractivity contribution in [1.82, 2.24) is 9.78 Å². The second-order valence-electron chi connectivity index (χ2n) is 5.67. The number of carbonyl (C=O) groups is 1. The highest BCUT2D eigenvalue weighted by Crippen LogP contribution is 2.36. The average molecular weight is 447 g/mol. The number of anilines is 1. The van der Waals surface area contributed by atoms with E-state index in [4.69, 9.17) is 17.3 Å². The van der Waals surface area contributed by atoms with Crippen LogP contribution in [0.2, 0.25) is 5.02 Å². The molecule has 136 valence electrons. The summed E-state index contributed by atoms with van der Waals surface area (Å²) in [5, 5.41) is 4.69. The van der Waals surface area contributed by atoms with Crippen molar-refractivity contribution in [3.63, 3.8) is 0 Å². The predicted molar refractivity (Wildman–Crippen MR) is 97.4 cm³/mol. The topological polar surface area (TPSA) is 60.9 Å². The van der Waals surface area contributed by atoms with E-state index in [1.165, 1.54) is 23.9 Å². The number of halogens is 5. The number of hydrogen-bond donors (Lipinski definition) is 1. The number of rotatable bonds is 4. The van der Waals surface area contributed by atoms with E-state index in [1.807, 2.05) is 0 Å². The molecule has 0 radical (unpaired) electrons. The summed E-state index contributed by atoms with van der Waals surface area (Å²) >= 11 is 9.29. The van der Waals surface area contributed by atoms with Crippen LogP contribution in [0.4, 0.5) is 18.9 Å². The molecule has 0 fully saturated rings. The number of nitrogens with zero attached hydrogens (tertiary/aromatic N) is 2. The molecule has 0 aliphatic carbocycles. The van der Waals surface area contributed by atoms with Gasteiger partial charge in [0.2, 0.25) is 6.43 Å². The minimum Gasteiger partial charge on any atom is -0.398 e. The van der Waals surface area contributed by atoms with Crippen molar-refractivity contribution < 1.29 is 18.0 Å². The number of fused-ring (bicyclic) bond motifs is 1. The first-order valence-corrected chi connectivity index (χ1v) is 8.59. The lowest BCUT2D eigenvalue weighted by Crippen LogP contribution is -2.08. The second kappa shape index (κ2) is 6.92. The van der Waals surface area contributed by atoms with E-state index in [-0.39, 0.29) is 26.3 Å². The fourth-order valence-electron chi connectivity index (χ4n) is 2.79. The highest BCUT2D eigenvalue weighted by molar-refractivity contribution is 9.10. The highest BCUT2D eigenvalue weighted by Gasteiger charge is 2.24. The van der Waals surface area contributed by atoms with E-state index in [0.717, 1.165) is 12.1 Å². The van der Waals surface area contributed by atoms with Crippen LogP contribution in [0, 0.1) is 5.82 Å². The minimum atomic E-state index is -2.55. The monoisotopic (exact) mass is 445 g/mol. The van der Waals surface area contributed by atoms with Crippen LogP contribution in [0.1, 0.15) is 21.6 Å². The third-order valence-corrected chi connectivity index (χ3v) is 5.07. The van der Waals surface area contributed by atoms with Crippen molar-refractivity contribution in [1.29, 1.82) is 0 Å². The molecule has 1 aromatic heterocycles. The summed E-state index contributed by atoms with van der Waals surface area (Å²) < 4.78 is 40.7. The fourth-order valence-corrected chi connectivity index (χ4v) is 3.69. The van der Waals surface area contributed by atoms with Crippen LogP contribution in [0.3, 0.4) is 0 Å². The van der Waals surface area contributed by atoms with Crippen molar-refractivity contribution in [2.75, 3.05) is 5.73 Å². The molecule has 0 saturated carbocycles. The summed E-state index contributed by atoms with van der Waals surface area (Å²) in [4.78, 5) is 12.9. The average Bonchev–Trinajstić information content (AvgIpc) is 2.86. The molecule has 0 unspecified atom stereocenters. The van der Waals surface area contributed by atoms with Crippen molar-refractivity contribution >= 4 is 49.9 Å². The van der Waals surface area contributed by atoms with Gasteiger partial charge in [-0.25, -0.2) is 13.2 Å². The molecule has 0 aliphatic heterocycles. The highest BCUT2D eigenvalue weighted by atomic mass is 79.9. The van der Waals surface area contributed by atoms with E-state index in [9.17, 15) is 18.0 Å². The van der Waals surface area contributed by atoms with Crippen LogP contribution in [0.5, 0.6) is 0 Å². The number of carbonyl (C=O) groups excluding carboxylic acids is 1. The smallest absolute Gasteiger partial charge is 0.244 e. The maximum atomic E-state index is 13.5. The Morgan fingerprint density at radius 2 is 2.08 bits per heavy atom. The lowest BCUT2D eigenvalue weighted by Gasteiger charge is -2.10. The number of nitrogen functional groups attached to an aromatic ring is 1. The Labute approximate surface area is 159 Å². The van der Waals surface area contributed by atoms with Crippen molar-refractivity contribution in [2.24, 2.45) is 7.05 Å². The predicted octanol–water partition coefficient (Wildman–Crippen LogP) is 4.75. The maximum Gasteiger partial charge on any atom is 0.244 e. The quantitative estimate of drug-likeness (QED) is 0.465. The van der Waals surface area contributed by atoms with Gasteiger partial charge in [-0.3, -0.25) is 9.48 Å². The van der Waals surface area contributed by atoms with E-state index < -0.39 is 24.4 Å². The second-order valence-corrected chi connectivity index (χ2v) is 6.87. The van der Waals surface area contributed by atoms with Crippen LogP contribution in [-0.2, 0) is 13.5 Å². The molecule has 0 saturated heterocycles. The van der Waals surface area contributed by atoms with Crippen molar-refractivity contribution in [3.8, 4) is 0 Å². The van der Waals surface area contributed by atoms with E-state index >= 15 is 0 Å².